The molecule has 0 aliphatic rings. The van der Waals surface area contributed by atoms with Crippen LogP contribution in [0, 0.1) is 0 Å². The number of hydrogen-bond acceptors (Lipinski definition) is 5. The molecule has 0 bridgehead atoms. The second-order valence-corrected chi connectivity index (χ2v) is 6.07. The molecule has 0 saturated carbocycles. The molecule has 0 fully saturated rings. The molecule has 0 aliphatic heterocycles. The molecule has 3 rings (SSSR count). The van der Waals surface area contributed by atoms with E-state index in [2.05, 4.69) is 10.4 Å². The van der Waals surface area contributed by atoms with E-state index in [0.29, 0.717) is 17.3 Å². The molecular formula is C20H19N3O4. The minimum absolute atomic E-state index is 0.00425. The number of ether oxygens (including phenoxy) is 1. The average Bonchev–Trinajstić information content (AvgIpc) is 2.69. The summed E-state index contributed by atoms with van der Waals surface area (Å²) in [6.07, 6.45) is -1.00. The summed E-state index contributed by atoms with van der Waals surface area (Å²) in [6, 6.07) is 16.1. The molecule has 2 aromatic carbocycles. The Labute approximate surface area is 155 Å². The summed E-state index contributed by atoms with van der Waals surface area (Å²) in [4.78, 5) is 36.9. The average molecular weight is 365 g/mol. The molecular weight excluding hydrogens is 346 g/mol. The van der Waals surface area contributed by atoms with Crippen LogP contribution >= 0.6 is 0 Å². The van der Waals surface area contributed by atoms with Crippen molar-refractivity contribution in [2.75, 3.05) is 0 Å². The third-order valence-corrected chi connectivity index (χ3v) is 4.11. The van der Waals surface area contributed by atoms with Crippen molar-refractivity contribution in [2.45, 2.75) is 19.6 Å². The second-order valence-electron chi connectivity index (χ2n) is 6.07. The van der Waals surface area contributed by atoms with Crippen LogP contribution in [-0.4, -0.2) is 27.8 Å². The van der Waals surface area contributed by atoms with E-state index in [-0.39, 0.29) is 11.3 Å². The number of esters is 1. The number of benzene rings is 2. The van der Waals surface area contributed by atoms with Gasteiger partial charge in [0.1, 0.15) is 0 Å². The van der Waals surface area contributed by atoms with Crippen molar-refractivity contribution < 1.29 is 14.3 Å². The van der Waals surface area contributed by atoms with Gasteiger partial charge >= 0.3 is 5.97 Å². The zero-order valence-electron chi connectivity index (χ0n) is 15.0. The van der Waals surface area contributed by atoms with E-state index in [1.165, 1.54) is 14.0 Å². The van der Waals surface area contributed by atoms with Crippen molar-refractivity contribution in [3.05, 3.63) is 76.2 Å². The summed E-state index contributed by atoms with van der Waals surface area (Å²) in [5.41, 5.74) is 0.626. The molecule has 138 valence electrons. The summed E-state index contributed by atoms with van der Waals surface area (Å²) >= 11 is 0. The van der Waals surface area contributed by atoms with Crippen LogP contribution in [0.2, 0.25) is 0 Å². The Morgan fingerprint density at radius 1 is 1.07 bits per heavy atom. The summed E-state index contributed by atoms with van der Waals surface area (Å²) in [5.74, 6) is -1.18. The number of hydrogen-bond donors (Lipinski definition) is 1. The van der Waals surface area contributed by atoms with E-state index >= 15 is 0 Å². The first-order valence-corrected chi connectivity index (χ1v) is 8.46. The molecule has 1 heterocycles. The van der Waals surface area contributed by atoms with Gasteiger partial charge in [-0.05, 0) is 18.6 Å². The van der Waals surface area contributed by atoms with E-state index in [9.17, 15) is 14.4 Å². The van der Waals surface area contributed by atoms with Gasteiger partial charge < -0.3 is 10.1 Å². The number of amides is 1. The predicted octanol–water partition coefficient (Wildman–Crippen LogP) is 1.80. The van der Waals surface area contributed by atoms with Gasteiger partial charge in [-0.15, -0.1) is 0 Å². The second kappa shape index (κ2) is 7.82. The monoisotopic (exact) mass is 365 g/mol. The molecule has 1 amide bonds. The summed E-state index contributed by atoms with van der Waals surface area (Å²) in [7, 11) is 1.46. The van der Waals surface area contributed by atoms with Crippen LogP contribution in [0.3, 0.4) is 0 Å². The lowest BCUT2D eigenvalue weighted by molar-refractivity contribution is -0.129. The van der Waals surface area contributed by atoms with E-state index in [0.717, 1.165) is 10.2 Å². The lowest BCUT2D eigenvalue weighted by atomic mass is 10.1. The van der Waals surface area contributed by atoms with Crippen LogP contribution in [0.5, 0.6) is 0 Å². The van der Waals surface area contributed by atoms with Crippen molar-refractivity contribution in [1.29, 1.82) is 0 Å². The van der Waals surface area contributed by atoms with Gasteiger partial charge in [-0.2, -0.15) is 5.10 Å². The van der Waals surface area contributed by atoms with Gasteiger partial charge in [-0.3, -0.25) is 9.59 Å². The molecule has 1 aromatic heterocycles. The highest BCUT2D eigenvalue weighted by molar-refractivity contribution is 6.02. The van der Waals surface area contributed by atoms with Crippen LogP contribution in [-0.2, 0) is 23.1 Å². The van der Waals surface area contributed by atoms with Crippen LogP contribution in [0.15, 0.2) is 59.4 Å². The Morgan fingerprint density at radius 3 is 2.41 bits per heavy atom. The van der Waals surface area contributed by atoms with Crippen LogP contribution < -0.4 is 10.9 Å². The van der Waals surface area contributed by atoms with Crippen molar-refractivity contribution in [1.82, 2.24) is 15.1 Å². The Bertz CT molecular complexity index is 1040. The summed E-state index contributed by atoms with van der Waals surface area (Å²) in [5, 5.41) is 7.48. The molecule has 7 nitrogen and oxygen atoms in total. The third kappa shape index (κ3) is 4.03. The van der Waals surface area contributed by atoms with Crippen LogP contribution in [0.25, 0.3) is 10.8 Å². The molecule has 0 radical (unpaired) electrons. The number of rotatable bonds is 5. The Balaban J connectivity index is 1.73. The summed E-state index contributed by atoms with van der Waals surface area (Å²) < 4.78 is 6.34. The zero-order valence-corrected chi connectivity index (χ0v) is 15.0. The molecule has 3 aromatic rings. The predicted molar refractivity (Wildman–Crippen MR) is 100 cm³/mol. The zero-order chi connectivity index (χ0) is 19.4. The minimum Gasteiger partial charge on any atom is -0.448 e. The quantitative estimate of drug-likeness (QED) is 0.696. The standard InChI is InChI=1S/C20H19N3O4/c1-13(18(24)21-12-14-8-4-3-5-9-14)27-20(26)17-15-10-6-7-11-16(15)19(25)23(2)22-17/h3-11,13H,12H2,1-2H3,(H,21,24)/t13-/m0/s1. The number of nitrogens with zero attached hydrogens (tertiary/aromatic N) is 2. The number of carbonyl (C=O) groups is 2. The highest BCUT2D eigenvalue weighted by atomic mass is 16.5. The Hall–Kier alpha value is -3.48. The lowest BCUT2D eigenvalue weighted by Gasteiger charge is -2.14. The van der Waals surface area contributed by atoms with E-state index in [4.69, 9.17) is 4.74 Å². The van der Waals surface area contributed by atoms with Gasteiger partial charge in [0.15, 0.2) is 11.8 Å². The van der Waals surface area contributed by atoms with E-state index < -0.39 is 18.0 Å². The molecule has 1 N–H and O–H groups in total. The molecule has 0 spiro atoms. The molecule has 27 heavy (non-hydrogen) atoms. The maximum absolute atomic E-state index is 12.5. The number of aromatic nitrogens is 2. The molecule has 0 aliphatic carbocycles. The molecule has 0 unspecified atom stereocenters. The molecule has 1 atom stereocenters. The van der Waals surface area contributed by atoms with E-state index in [1.807, 2.05) is 30.3 Å². The van der Waals surface area contributed by atoms with Crippen LogP contribution in [0.4, 0.5) is 0 Å². The topological polar surface area (TPSA) is 90.3 Å². The van der Waals surface area contributed by atoms with Gasteiger partial charge in [0.25, 0.3) is 11.5 Å². The smallest absolute Gasteiger partial charge is 0.360 e. The minimum atomic E-state index is -1.00. The first-order chi connectivity index (χ1) is 13.0. The Morgan fingerprint density at radius 2 is 1.70 bits per heavy atom. The first-order valence-electron chi connectivity index (χ1n) is 8.46. The van der Waals surface area contributed by atoms with Crippen molar-refractivity contribution in [3.63, 3.8) is 0 Å². The number of nitrogens with one attached hydrogen (secondary N) is 1. The van der Waals surface area contributed by atoms with Crippen molar-refractivity contribution in [3.8, 4) is 0 Å². The number of carbonyl (C=O) groups excluding carboxylic acids is 2. The lowest BCUT2D eigenvalue weighted by Crippen LogP contribution is -2.36. The largest absolute Gasteiger partial charge is 0.448 e. The van der Waals surface area contributed by atoms with Crippen molar-refractivity contribution in [2.24, 2.45) is 7.05 Å². The fourth-order valence-corrected chi connectivity index (χ4v) is 2.65. The summed E-state index contributed by atoms with van der Waals surface area (Å²) in [6.45, 7) is 1.82. The van der Waals surface area contributed by atoms with E-state index in [1.54, 1.807) is 24.3 Å². The van der Waals surface area contributed by atoms with Gasteiger partial charge in [-0.25, -0.2) is 9.48 Å². The SMILES string of the molecule is C[C@H](OC(=O)c1nn(C)c(=O)c2ccccc12)C(=O)NCc1ccccc1. The van der Waals surface area contributed by atoms with Gasteiger partial charge in [-0.1, -0.05) is 48.5 Å². The number of fused-ring (bicyclic) bond motifs is 1. The van der Waals surface area contributed by atoms with Crippen molar-refractivity contribution >= 4 is 22.6 Å². The molecule has 0 saturated heterocycles. The van der Waals surface area contributed by atoms with Gasteiger partial charge in [0.2, 0.25) is 0 Å². The highest BCUT2D eigenvalue weighted by Crippen LogP contribution is 2.14. The maximum Gasteiger partial charge on any atom is 0.360 e. The fraction of sp³-hybridized carbons (Fsp3) is 0.200. The normalized spacial score (nSPS) is 11.8. The van der Waals surface area contributed by atoms with Crippen LogP contribution in [0.1, 0.15) is 23.0 Å². The number of aryl methyl sites for hydroxylation is 1. The fourth-order valence-electron chi connectivity index (χ4n) is 2.65. The van der Waals surface area contributed by atoms with Gasteiger partial charge in [0.05, 0.1) is 5.39 Å². The molecule has 7 heteroatoms. The maximum atomic E-state index is 12.5. The Kier molecular flexibility index (Phi) is 5.30. The van der Waals surface area contributed by atoms with Gasteiger partial charge in [0, 0.05) is 19.0 Å². The highest BCUT2D eigenvalue weighted by Gasteiger charge is 2.22. The first kappa shape index (κ1) is 18.3. The third-order valence-electron chi connectivity index (χ3n) is 4.11.